The molecule has 0 fully saturated rings. The number of benzene rings is 3. The van der Waals surface area contributed by atoms with Crippen molar-refractivity contribution in [3.63, 3.8) is 0 Å². The zero-order valence-corrected chi connectivity index (χ0v) is 20.6. The van der Waals surface area contributed by atoms with Gasteiger partial charge in [0, 0.05) is 25.7 Å². The van der Waals surface area contributed by atoms with E-state index >= 15 is 0 Å². The number of carbonyl (C=O) groups excluding carboxylic acids is 1. The topological polar surface area (TPSA) is 71.7 Å². The van der Waals surface area contributed by atoms with Crippen molar-refractivity contribution in [3.8, 4) is 0 Å². The van der Waals surface area contributed by atoms with Crippen LogP contribution in [0.5, 0.6) is 0 Å². The standard InChI is InChI=1S/C26H25N3O3S2/c1-4-16-29-23-15-10-19(2)17-24(23)33-26(29)27-25(30)21-11-13-22(14-12-21)34(31,32)28(3)18-20-8-6-5-7-9-20/h4-15,17H,1,16,18H2,2-3H3. The van der Waals surface area contributed by atoms with E-state index in [1.165, 1.54) is 47.0 Å². The van der Waals surface area contributed by atoms with Crippen LogP contribution in [0.3, 0.4) is 0 Å². The Hall–Kier alpha value is -3.33. The minimum Gasteiger partial charge on any atom is -0.312 e. The van der Waals surface area contributed by atoms with Gasteiger partial charge in [-0.25, -0.2) is 8.42 Å². The van der Waals surface area contributed by atoms with Crippen LogP contribution >= 0.6 is 11.3 Å². The molecule has 0 spiro atoms. The van der Waals surface area contributed by atoms with Gasteiger partial charge in [0.05, 0.1) is 15.1 Å². The minimum absolute atomic E-state index is 0.126. The molecule has 3 aromatic carbocycles. The fraction of sp³-hybridized carbons (Fsp3) is 0.154. The van der Waals surface area contributed by atoms with Crippen molar-refractivity contribution in [2.75, 3.05) is 7.05 Å². The molecule has 1 amide bonds. The second kappa shape index (κ2) is 9.89. The molecule has 0 aliphatic rings. The molecule has 0 saturated heterocycles. The maximum atomic E-state index is 13.0. The molecule has 6 nitrogen and oxygen atoms in total. The van der Waals surface area contributed by atoms with Gasteiger partial charge in [0.15, 0.2) is 4.80 Å². The molecule has 0 unspecified atom stereocenters. The number of nitrogens with zero attached hydrogens (tertiary/aromatic N) is 3. The summed E-state index contributed by atoms with van der Waals surface area (Å²) in [5.41, 5.74) is 3.34. The molecule has 0 saturated carbocycles. The summed E-state index contributed by atoms with van der Waals surface area (Å²) in [6.07, 6.45) is 1.76. The van der Waals surface area contributed by atoms with E-state index in [0.717, 1.165) is 21.3 Å². The Morgan fingerprint density at radius 2 is 1.79 bits per heavy atom. The van der Waals surface area contributed by atoms with Crippen LogP contribution in [-0.2, 0) is 23.1 Å². The lowest BCUT2D eigenvalue weighted by atomic mass is 10.2. The van der Waals surface area contributed by atoms with E-state index in [9.17, 15) is 13.2 Å². The third-order valence-corrected chi connectivity index (χ3v) is 8.26. The monoisotopic (exact) mass is 491 g/mol. The molecule has 0 bridgehead atoms. The highest BCUT2D eigenvalue weighted by Crippen LogP contribution is 2.20. The fourth-order valence-electron chi connectivity index (χ4n) is 3.60. The molecule has 1 aromatic heterocycles. The summed E-state index contributed by atoms with van der Waals surface area (Å²) in [7, 11) is -2.16. The smallest absolute Gasteiger partial charge is 0.279 e. The van der Waals surface area contributed by atoms with Crippen LogP contribution in [-0.4, -0.2) is 30.2 Å². The van der Waals surface area contributed by atoms with Crippen LogP contribution in [0.25, 0.3) is 10.2 Å². The Bertz CT molecular complexity index is 1520. The first kappa shape index (κ1) is 23.8. The van der Waals surface area contributed by atoms with Crippen molar-refractivity contribution in [3.05, 3.63) is 107 Å². The van der Waals surface area contributed by atoms with Crippen LogP contribution in [0.4, 0.5) is 0 Å². The summed E-state index contributed by atoms with van der Waals surface area (Å²) in [6.45, 7) is 6.61. The normalized spacial score (nSPS) is 12.4. The number of aryl methyl sites for hydroxylation is 1. The Morgan fingerprint density at radius 1 is 1.09 bits per heavy atom. The van der Waals surface area contributed by atoms with Crippen LogP contribution in [0.2, 0.25) is 0 Å². The number of sulfonamides is 1. The fourth-order valence-corrected chi connectivity index (χ4v) is 5.89. The molecule has 8 heteroatoms. The lowest BCUT2D eigenvalue weighted by Gasteiger charge is -2.17. The second-order valence-electron chi connectivity index (χ2n) is 7.94. The zero-order valence-electron chi connectivity index (χ0n) is 19.0. The molecule has 0 aliphatic heterocycles. The lowest BCUT2D eigenvalue weighted by molar-refractivity contribution is 0.0998. The van der Waals surface area contributed by atoms with E-state index in [1.807, 2.05) is 54.0 Å². The van der Waals surface area contributed by atoms with Crippen molar-refractivity contribution in [2.45, 2.75) is 24.9 Å². The number of hydrogen-bond donors (Lipinski definition) is 0. The van der Waals surface area contributed by atoms with Gasteiger partial charge in [-0.1, -0.05) is 53.8 Å². The van der Waals surface area contributed by atoms with E-state index < -0.39 is 15.9 Å². The highest BCUT2D eigenvalue weighted by Gasteiger charge is 2.21. The number of hydrogen-bond acceptors (Lipinski definition) is 4. The number of fused-ring (bicyclic) bond motifs is 1. The van der Waals surface area contributed by atoms with Crippen molar-refractivity contribution in [1.29, 1.82) is 0 Å². The molecular weight excluding hydrogens is 466 g/mol. The van der Waals surface area contributed by atoms with Gasteiger partial charge in [0.2, 0.25) is 10.0 Å². The Balaban J connectivity index is 1.61. The van der Waals surface area contributed by atoms with Crippen molar-refractivity contribution >= 4 is 37.5 Å². The Labute approximate surface area is 203 Å². The summed E-state index contributed by atoms with van der Waals surface area (Å²) in [6, 6.07) is 21.4. The molecule has 1 heterocycles. The average molecular weight is 492 g/mol. The number of allylic oxidation sites excluding steroid dienone is 1. The Morgan fingerprint density at radius 3 is 2.47 bits per heavy atom. The van der Waals surface area contributed by atoms with E-state index in [2.05, 4.69) is 17.6 Å². The van der Waals surface area contributed by atoms with Gasteiger partial charge in [-0.3, -0.25) is 4.79 Å². The van der Waals surface area contributed by atoms with E-state index in [0.29, 0.717) is 16.9 Å². The first-order valence-corrected chi connectivity index (χ1v) is 13.0. The SMILES string of the molecule is C=CCn1c(=NC(=O)c2ccc(S(=O)(=O)N(C)Cc3ccccc3)cc2)sc2cc(C)ccc21. The van der Waals surface area contributed by atoms with Crippen LogP contribution in [0.1, 0.15) is 21.5 Å². The first-order chi connectivity index (χ1) is 16.3. The number of carbonyl (C=O) groups is 1. The molecule has 174 valence electrons. The van der Waals surface area contributed by atoms with Gasteiger partial charge in [0.1, 0.15) is 0 Å². The zero-order chi connectivity index (χ0) is 24.3. The number of aromatic nitrogens is 1. The largest absolute Gasteiger partial charge is 0.312 e. The van der Waals surface area contributed by atoms with E-state index in [1.54, 1.807) is 6.08 Å². The van der Waals surface area contributed by atoms with Gasteiger partial charge >= 0.3 is 0 Å². The van der Waals surface area contributed by atoms with E-state index in [4.69, 9.17) is 0 Å². The van der Waals surface area contributed by atoms with Crippen molar-refractivity contribution in [1.82, 2.24) is 8.87 Å². The van der Waals surface area contributed by atoms with Gasteiger partial charge in [-0.2, -0.15) is 9.30 Å². The first-order valence-electron chi connectivity index (χ1n) is 10.7. The molecular formula is C26H25N3O3S2. The van der Waals surface area contributed by atoms with Crippen LogP contribution in [0, 0.1) is 6.92 Å². The molecule has 34 heavy (non-hydrogen) atoms. The third-order valence-electron chi connectivity index (χ3n) is 5.40. The molecule has 0 aliphatic carbocycles. The summed E-state index contributed by atoms with van der Waals surface area (Å²) < 4.78 is 30.2. The van der Waals surface area contributed by atoms with E-state index in [-0.39, 0.29) is 11.4 Å². The van der Waals surface area contributed by atoms with Gasteiger partial charge in [0.25, 0.3) is 5.91 Å². The summed E-state index contributed by atoms with van der Waals surface area (Å²) in [4.78, 5) is 17.9. The predicted octanol–water partition coefficient (Wildman–Crippen LogP) is 4.76. The second-order valence-corrected chi connectivity index (χ2v) is 11.0. The van der Waals surface area contributed by atoms with Gasteiger partial charge in [-0.15, -0.1) is 6.58 Å². The van der Waals surface area contributed by atoms with Gasteiger partial charge in [-0.05, 0) is 54.4 Å². The summed E-state index contributed by atoms with van der Waals surface area (Å²) in [5.74, 6) is -0.428. The minimum atomic E-state index is -3.70. The quantitative estimate of drug-likeness (QED) is 0.350. The van der Waals surface area contributed by atoms with Crippen LogP contribution < -0.4 is 4.80 Å². The Kier molecular flexibility index (Phi) is 6.92. The van der Waals surface area contributed by atoms with Crippen molar-refractivity contribution < 1.29 is 13.2 Å². The summed E-state index contributed by atoms with van der Waals surface area (Å²) >= 11 is 1.44. The number of amides is 1. The average Bonchev–Trinajstić information content (AvgIpc) is 3.15. The molecule has 4 rings (SSSR count). The highest BCUT2D eigenvalue weighted by molar-refractivity contribution is 7.89. The maximum absolute atomic E-state index is 13.0. The molecule has 0 N–H and O–H groups in total. The predicted molar refractivity (Wildman–Crippen MR) is 136 cm³/mol. The van der Waals surface area contributed by atoms with Crippen LogP contribution in [0.15, 0.2) is 95.3 Å². The molecule has 0 atom stereocenters. The van der Waals surface area contributed by atoms with Gasteiger partial charge < -0.3 is 4.57 Å². The molecule has 4 aromatic rings. The number of rotatable bonds is 7. The lowest BCUT2D eigenvalue weighted by Crippen LogP contribution is -2.26. The van der Waals surface area contributed by atoms with Crippen molar-refractivity contribution in [2.24, 2.45) is 4.99 Å². The maximum Gasteiger partial charge on any atom is 0.279 e. The number of thiazole rings is 1. The molecule has 0 radical (unpaired) electrons. The third kappa shape index (κ3) is 4.94. The highest BCUT2D eigenvalue weighted by atomic mass is 32.2. The summed E-state index contributed by atoms with van der Waals surface area (Å²) in [5, 5.41) is 0.